The molecule has 124 valence electrons. The molecule has 3 rings (SSSR count). The summed E-state index contributed by atoms with van der Waals surface area (Å²) in [7, 11) is 1.65. The number of rotatable bonds is 6. The van der Waals surface area contributed by atoms with Crippen molar-refractivity contribution in [2.45, 2.75) is 19.9 Å². The van der Waals surface area contributed by atoms with Crippen molar-refractivity contribution in [3.8, 4) is 5.75 Å². The molecule has 0 unspecified atom stereocenters. The van der Waals surface area contributed by atoms with E-state index in [0.29, 0.717) is 5.56 Å². The van der Waals surface area contributed by atoms with E-state index >= 15 is 0 Å². The maximum Gasteiger partial charge on any atom is 0.188 e. The van der Waals surface area contributed by atoms with Crippen LogP contribution in [-0.2, 0) is 13.0 Å². The van der Waals surface area contributed by atoms with Gasteiger partial charge in [0, 0.05) is 29.2 Å². The zero-order valence-electron chi connectivity index (χ0n) is 14.0. The fourth-order valence-corrected chi connectivity index (χ4v) is 2.97. The van der Waals surface area contributed by atoms with E-state index in [1.807, 2.05) is 36.4 Å². The summed E-state index contributed by atoms with van der Waals surface area (Å²) in [5.41, 5.74) is 3.97. The van der Waals surface area contributed by atoms with E-state index in [4.69, 9.17) is 9.84 Å². The lowest BCUT2D eigenvalue weighted by Gasteiger charge is -2.08. The molecule has 24 heavy (non-hydrogen) atoms. The predicted molar refractivity (Wildman–Crippen MR) is 94.8 cm³/mol. The molecule has 0 radical (unpaired) electrons. The number of carbonyl (C=O) groups excluding carboxylic acids is 1. The molecular weight excluding hydrogens is 302 g/mol. The molecule has 0 fully saturated rings. The van der Waals surface area contributed by atoms with Crippen molar-refractivity contribution >= 4 is 16.7 Å². The second-order valence-corrected chi connectivity index (χ2v) is 5.80. The van der Waals surface area contributed by atoms with E-state index in [1.54, 1.807) is 13.2 Å². The number of carbonyl (C=O) groups is 1. The molecule has 0 atom stereocenters. The predicted octanol–water partition coefficient (Wildman–Crippen LogP) is 3.44. The van der Waals surface area contributed by atoms with Crippen molar-refractivity contribution in [3.05, 3.63) is 65.4 Å². The number of aryl methyl sites for hydroxylation is 1. The maximum atomic E-state index is 11.8. The number of benzene rings is 2. The van der Waals surface area contributed by atoms with Crippen molar-refractivity contribution in [2.24, 2.45) is 0 Å². The number of hydrogen-bond donors (Lipinski definition) is 1. The Morgan fingerprint density at radius 2 is 1.92 bits per heavy atom. The smallest absolute Gasteiger partial charge is 0.188 e. The summed E-state index contributed by atoms with van der Waals surface area (Å²) in [6.07, 6.45) is 3.07. The summed E-state index contributed by atoms with van der Waals surface area (Å²) < 4.78 is 7.35. The number of fused-ring (bicyclic) bond motifs is 1. The van der Waals surface area contributed by atoms with Gasteiger partial charge in [-0.1, -0.05) is 31.2 Å². The topological polar surface area (TPSA) is 51.5 Å². The second-order valence-electron chi connectivity index (χ2n) is 5.80. The quantitative estimate of drug-likeness (QED) is 0.707. The van der Waals surface area contributed by atoms with Crippen LogP contribution >= 0.6 is 0 Å². The Bertz CT molecular complexity index is 862. The van der Waals surface area contributed by atoms with Gasteiger partial charge in [-0.05, 0) is 35.7 Å². The monoisotopic (exact) mass is 323 g/mol. The molecule has 1 N–H and O–H groups in total. The fourth-order valence-electron chi connectivity index (χ4n) is 2.97. The van der Waals surface area contributed by atoms with Crippen LogP contribution in [0.2, 0.25) is 0 Å². The van der Waals surface area contributed by atoms with Crippen LogP contribution in [0.5, 0.6) is 5.75 Å². The van der Waals surface area contributed by atoms with E-state index in [9.17, 15) is 4.79 Å². The van der Waals surface area contributed by atoms with Crippen LogP contribution in [0.1, 0.15) is 28.4 Å². The van der Waals surface area contributed by atoms with Crippen LogP contribution in [0.15, 0.2) is 48.7 Å². The van der Waals surface area contributed by atoms with Crippen molar-refractivity contribution in [1.82, 2.24) is 4.57 Å². The number of nitrogens with zero attached hydrogens (tertiary/aromatic N) is 1. The second kappa shape index (κ2) is 6.89. The molecule has 4 nitrogen and oxygen atoms in total. The Morgan fingerprint density at radius 3 is 2.54 bits per heavy atom. The molecule has 1 heterocycles. The van der Waals surface area contributed by atoms with E-state index in [2.05, 4.69) is 17.7 Å². The normalized spacial score (nSPS) is 11.0. The van der Waals surface area contributed by atoms with E-state index in [0.717, 1.165) is 35.2 Å². The van der Waals surface area contributed by atoms with Gasteiger partial charge in [-0.2, -0.15) is 0 Å². The lowest BCUT2D eigenvalue weighted by Crippen LogP contribution is -2.05. The lowest BCUT2D eigenvalue weighted by atomic mass is 10.1. The van der Waals surface area contributed by atoms with Gasteiger partial charge in [-0.3, -0.25) is 4.79 Å². The number of methoxy groups -OCH3 is 1. The average molecular weight is 323 g/mol. The minimum atomic E-state index is -0.467. The minimum absolute atomic E-state index is 0.257. The lowest BCUT2D eigenvalue weighted by molar-refractivity contribution is 0.0904. The van der Waals surface area contributed by atoms with Gasteiger partial charge in [-0.15, -0.1) is 0 Å². The average Bonchev–Trinajstić information content (AvgIpc) is 2.98. The Balaban J connectivity index is 2.03. The molecule has 0 aliphatic heterocycles. The van der Waals surface area contributed by atoms with Gasteiger partial charge in [0.05, 0.1) is 7.11 Å². The highest BCUT2D eigenvalue weighted by atomic mass is 16.5. The zero-order chi connectivity index (χ0) is 17.1. The number of aromatic nitrogens is 1. The number of ketones is 1. The third-order valence-electron chi connectivity index (χ3n) is 4.32. The zero-order valence-corrected chi connectivity index (χ0v) is 14.0. The molecule has 0 spiro atoms. The first-order valence-electron chi connectivity index (χ1n) is 8.05. The highest BCUT2D eigenvalue weighted by molar-refractivity contribution is 6.00. The summed E-state index contributed by atoms with van der Waals surface area (Å²) in [5, 5.41) is 10.3. The highest BCUT2D eigenvalue weighted by Crippen LogP contribution is 2.25. The van der Waals surface area contributed by atoms with Gasteiger partial charge in [-0.25, -0.2) is 0 Å². The summed E-state index contributed by atoms with van der Waals surface area (Å²) in [6.45, 7) is 2.38. The van der Waals surface area contributed by atoms with E-state index < -0.39 is 6.61 Å². The van der Waals surface area contributed by atoms with Gasteiger partial charge >= 0.3 is 0 Å². The molecule has 4 heteroatoms. The SMILES string of the molecule is CCc1cn(Cc2ccc(OC)cc2)c2cc(C(=O)CO)ccc12. The van der Waals surface area contributed by atoms with Crippen molar-refractivity contribution < 1.29 is 14.6 Å². The van der Waals surface area contributed by atoms with Crippen LogP contribution in [0.25, 0.3) is 10.9 Å². The number of ether oxygens (including phenoxy) is 1. The Kier molecular flexibility index (Phi) is 4.67. The highest BCUT2D eigenvalue weighted by Gasteiger charge is 2.11. The van der Waals surface area contributed by atoms with Crippen molar-refractivity contribution in [1.29, 1.82) is 0 Å². The molecule has 0 bridgehead atoms. The first-order chi connectivity index (χ1) is 11.7. The molecule has 1 aromatic heterocycles. The summed E-state index contributed by atoms with van der Waals surface area (Å²) in [6, 6.07) is 13.6. The van der Waals surface area contributed by atoms with Gasteiger partial charge in [0.2, 0.25) is 0 Å². The third-order valence-corrected chi connectivity index (χ3v) is 4.32. The summed E-state index contributed by atoms with van der Waals surface area (Å²) in [5.74, 6) is 0.577. The van der Waals surface area contributed by atoms with E-state index in [-0.39, 0.29) is 5.78 Å². The van der Waals surface area contributed by atoms with Gasteiger partial charge in [0.1, 0.15) is 12.4 Å². The molecule has 2 aromatic carbocycles. The van der Waals surface area contributed by atoms with E-state index in [1.165, 1.54) is 5.56 Å². The summed E-state index contributed by atoms with van der Waals surface area (Å²) >= 11 is 0. The number of Topliss-reactive ketones (excluding diaryl/α,β-unsaturated/α-hetero) is 1. The van der Waals surface area contributed by atoms with Crippen molar-refractivity contribution in [2.75, 3.05) is 13.7 Å². The van der Waals surface area contributed by atoms with Crippen molar-refractivity contribution in [3.63, 3.8) is 0 Å². The van der Waals surface area contributed by atoms with Crippen LogP contribution in [0.4, 0.5) is 0 Å². The van der Waals surface area contributed by atoms with Gasteiger partial charge < -0.3 is 14.4 Å². The molecule has 3 aromatic rings. The standard InChI is InChI=1S/C20H21NO3/c1-3-15-12-21(11-14-4-7-17(24-2)8-5-14)19-10-16(20(23)13-22)6-9-18(15)19/h4-10,12,22H,3,11,13H2,1-2H3. The molecule has 0 aliphatic rings. The molecule has 0 saturated carbocycles. The third kappa shape index (κ3) is 3.05. The maximum absolute atomic E-state index is 11.8. The minimum Gasteiger partial charge on any atom is -0.497 e. The Labute approximate surface area is 141 Å². The van der Waals surface area contributed by atoms with Gasteiger partial charge in [0.25, 0.3) is 0 Å². The molecule has 0 saturated heterocycles. The largest absolute Gasteiger partial charge is 0.497 e. The number of hydrogen-bond acceptors (Lipinski definition) is 3. The number of aliphatic hydroxyl groups excluding tert-OH is 1. The molecule has 0 aliphatic carbocycles. The summed E-state index contributed by atoms with van der Waals surface area (Å²) in [4.78, 5) is 11.8. The number of aliphatic hydroxyl groups is 1. The molecule has 0 amide bonds. The van der Waals surface area contributed by atoms with Gasteiger partial charge in [0.15, 0.2) is 5.78 Å². The first kappa shape index (κ1) is 16.3. The Morgan fingerprint density at radius 1 is 1.17 bits per heavy atom. The Hall–Kier alpha value is -2.59. The van der Waals surface area contributed by atoms with Crippen LogP contribution in [0.3, 0.4) is 0 Å². The van der Waals surface area contributed by atoms with Crippen LogP contribution in [0, 0.1) is 0 Å². The fraction of sp³-hybridized carbons (Fsp3) is 0.250. The molecular formula is C20H21NO3. The first-order valence-corrected chi connectivity index (χ1v) is 8.05. The van der Waals surface area contributed by atoms with Crippen LogP contribution in [-0.4, -0.2) is 29.2 Å². The van der Waals surface area contributed by atoms with Crippen LogP contribution < -0.4 is 4.74 Å².